The summed E-state index contributed by atoms with van der Waals surface area (Å²) in [6.45, 7) is 3.32. The van der Waals surface area contributed by atoms with Crippen LogP contribution in [0.4, 0.5) is 5.69 Å². The van der Waals surface area contributed by atoms with Gasteiger partial charge >= 0.3 is 0 Å². The molecule has 3 N–H and O–H groups in total. The van der Waals surface area contributed by atoms with E-state index in [4.69, 9.17) is 29.6 Å². The van der Waals surface area contributed by atoms with E-state index in [1.807, 2.05) is 18.2 Å². The summed E-state index contributed by atoms with van der Waals surface area (Å²) in [7, 11) is 0. The molecule has 98 valence electrons. The fourth-order valence-corrected chi connectivity index (χ4v) is 2.95. The highest BCUT2D eigenvalue weighted by atomic mass is 35.5. The Bertz CT molecular complexity index is 447. The molecule has 4 heteroatoms. The van der Waals surface area contributed by atoms with Crippen molar-refractivity contribution in [1.29, 1.82) is 0 Å². The fourth-order valence-electron chi connectivity index (χ4n) is 2.58. The molecule has 2 rings (SSSR count). The maximum absolute atomic E-state index is 6.21. The summed E-state index contributed by atoms with van der Waals surface area (Å²) < 4.78 is 0. The number of hydrogen-bond acceptors (Lipinski definition) is 2. The van der Waals surface area contributed by atoms with Crippen LogP contribution in [0.25, 0.3) is 0 Å². The van der Waals surface area contributed by atoms with E-state index in [2.05, 4.69) is 12.2 Å². The van der Waals surface area contributed by atoms with E-state index in [9.17, 15) is 0 Å². The second-order valence-corrected chi connectivity index (χ2v) is 6.07. The Labute approximate surface area is 119 Å². The molecular weight excluding hydrogens is 264 g/mol. The average molecular weight is 283 g/mol. The first-order valence-electron chi connectivity index (χ1n) is 6.39. The molecule has 0 bridgehead atoms. The van der Waals surface area contributed by atoms with E-state index in [1.165, 1.54) is 19.3 Å². The summed E-state index contributed by atoms with van der Waals surface area (Å²) in [5.74, 6) is 1.63. The summed E-state index contributed by atoms with van der Waals surface area (Å²) in [5.41, 5.74) is 7.36. The first kappa shape index (κ1) is 13.6. The van der Waals surface area contributed by atoms with Crippen LogP contribution in [0.1, 0.15) is 31.7 Å². The van der Waals surface area contributed by atoms with Crippen molar-refractivity contribution in [2.24, 2.45) is 17.6 Å². The van der Waals surface area contributed by atoms with Crippen LogP contribution >= 0.6 is 23.8 Å². The van der Waals surface area contributed by atoms with Crippen LogP contribution < -0.4 is 11.1 Å². The normalized spacial score (nSPS) is 23.0. The number of hydrogen-bond donors (Lipinski definition) is 2. The maximum atomic E-state index is 6.21. The van der Waals surface area contributed by atoms with Gasteiger partial charge in [0.15, 0.2) is 0 Å². The van der Waals surface area contributed by atoms with Gasteiger partial charge in [0.05, 0.1) is 10.7 Å². The van der Waals surface area contributed by atoms with Crippen molar-refractivity contribution in [1.82, 2.24) is 0 Å². The third kappa shape index (κ3) is 3.36. The molecule has 0 radical (unpaired) electrons. The lowest BCUT2D eigenvalue weighted by Crippen LogP contribution is -2.13. The van der Waals surface area contributed by atoms with E-state index in [1.54, 1.807) is 0 Å². The zero-order valence-electron chi connectivity index (χ0n) is 10.6. The lowest BCUT2D eigenvalue weighted by Gasteiger charge is -2.14. The summed E-state index contributed by atoms with van der Waals surface area (Å²) in [6.07, 6.45) is 3.98. The minimum atomic E-state index is 0.382. The average Bonchev–Trinajstić information content (AvgIpc) is 2.73. The van der Waals surface area contributed by atoms with E-state index in [-0.39, 0.29) is 0 Å². The van der Waals surface area contributed by atoms with Crippen molar-refractivity contribution in [2.45, 2.75) is 26.2 Å². The van der Waals surface area contributed by atoms with Gasteiger partial charge in [0.2, 0.25) is 0 Å². The summed E-state index contributed by atoms with van der Waals surface area (Å²) in [5, 5.41) is 4.11. The molecule has 0 aliphatic heterocycles. The molecule has 0 spiro atoms. The van der Waals surface area contributed by atoms with Gasteiger partial charge in [-0.3, -0.25) is 0 Å². The van der Waals surface area contributed by atoms with Gasteiger partial charge in [-0.1, -0.05) is 37.2 Å². The largest absolute Gasteiger partial charge is 0.389 e. The van der Waals surface area contributed by atoms with Crippen LogP contribution in [0.15, 0.2) is 18.2 Å². The van der Waals surface area contributed by atoms with Crippen molar-refractivity contribution in [3.8, 4) is 0 Å². The van der Waals surface area contributed by atoms with Crippen LogP contribution in [0.5, 0.6) is 0 Å². The number of anilines is 1. The quantitative estimate of drug-likeness (QED) is 0.825. The zero-order valence-corrected chi connectivity index (χ0v) is 12.2. The zero-order chi connectivity index (χ0) is 13.1. The van der Waals surface area contributed by atoms with Gasteiger partial charge in [-0.05, 0) is 42.9 Å². The van der Waals surface area contributed by atoms with Gasteiger partial charge in [0, 0.05) is 12.1 Å². The van der Waals surface area contributed by atoms with E-state index < -0.39 is 0 Å². The molecule has 1 saturated carbocycles. The molecule has 1 aliphatic carbocycles. The molecule has 0 aromatic heterocycles. The van der Waals surface area contributed by atoms with Gasteiger partial charge < -0.3 is 11.1 Å². The molecule has 18 heavy (non-hydrogen) atoms. The van der Waals surface area contributed by atoms with E-state index in [0.29, 0.717) is 10.0 Å². The third-order valence-corrected chi connectivity index (χ3v) is 4.19. The minimum Gasteiger partial charge on any atom is -0.389 e. The molecular formula is C14H19ClN2S. The summed E-state index contributed by atoms with van der Waals surface area (Å²) in [6, 6.07) is 5.69. The van der Waals surface area contributed by atoms with Crippen molar-refractivity contribution >= 4 is 34.5 Å². The molecule has 2 nitrogen and oxygen atoms in total. The smallest absolute Gasteiger partial charge is 0.104 e. The van der Waals surface area contributed by atoms with Gasteiger partial charge in [0.25, 0.3) is 0 Å². The van der Waals surface area contributed by atoms with Gasteiger partial charge in [-0.2, -0.15) is 0 Å². The predicted octanol–water partition coefficient (Wildman–Crippen LogP) is 3.82. The summed E-state index contributed by atoms with van der Waals surface area (Å²) >= 11 is 11.1. The lowest BCUT2D eigenvalue weighted by molar-refractivity contribution is 0.537. The topological polar surface area (TPSA) is 38.0 Å². The van der Waals surface area contributed by atoms with Crippen LogP contribution in [0.3, 0.4) is 0 Å². The first-order chi connectivity index (χ1) is 8.56. The molecule has 1 aromatic carbocycles. The highest BCUT2D eigenvalue weighted by molar-refractivity contribution is 7.80. The number of nitrogens with two attached hydrogens (primary N) is 1. The minimum absolute atomic E-state index is 0.382. The number of benzene rings is 1. The fraction of sp³-hybridized carbons (Fsp3) is 0.500. The van der Waals surface area contributed by atoms with E-state index in [0.717, 1.165) is 29.6 Å². The predicted molar refractivity (Wildman–Crippen MR) is 82.3 cm³/mol. The molecule has 2 unspecified atom stereocenters. The number of rotatable bonds is 4. The van der Waals surface area contributed by atoms with Crippen LogP contribution in [0, 0.1) is 11.8 Å². The Morgan fingerprint density at radius 1 is 1.50 bits per heavy atom. The second kappa shape index (κ2) is 5.89. The third-order valence-electron chi connectivity index (χ3n) is 3.64. The molecule has 0 saturated heterocycles. The molecule has 1 aromatic rings. The van der Waals surface area contributed by atoms with Crippen LogP contribution in [-0.4, -0.2) is 11.5 Å². The number of nitrogens with one attached hydrogen (secondary N) is 1. The lowest BCUT2D eigenvalue weighted by atomic mass is 10.1. The molecule has 1 aliphatic rings. The van der Waals surface area contributed by atoms with Gasteiger partial charge in [-0.25, -0.2) is 0 Å². The molecule has 2 atom stereocenters. The molecule has 0 heterocycles. The van der Waals surface area contributed by atoms with Crippen LogP contribution in [-0.2, 0) is 0 Å². The number of halogens is 1. The highest BCUT2D eigenvalue weighted by Crippen LogP contribution is 2.31. The Morgan fingerprint density at radius 3 is 2.83 bits per heavy atom. The maximum Gasteiger partial charge on any atom is 0.104 e. The van der Waals surface area contributed by atoms with Gasteiger partial charge in [0.1, 0.15) is 4.99 Å². The number of thiocarbonyl (C=S) groups is 1. The second-order valence-electron chi connectivity index (χ2n) is 5.22. The monoisotopic (exact) mass is 282 g/mol. The van der Waals surface area contributed by atoms with E-state index >= 15 is 0 Å². The Hall–Kier alpha value is -0.800. The SMILES string of the molecule is CC1CCC(CNc2ccc(C(N)=S)cc2Cl)C1. The summed E-state index contributed by atoms with van der Waals surface area (Å²) in [4.78, 5) is 0.382. The van der Waals surface area contributed by atoms with Crippen molar-refractivity contribution < 1.29 is 0 Å². The molecule has 0 amide bonds. The van der Waals surface area contributed by atoms with Crippen molar-refractivity contribution in [3.05, 3.63) is 28.8 Å². The van der Waals surface area contributed by atoms with Crippen LogP contribution in [0.2, 0.25) is 5.02 Å². The van der Waals surface area contributed by atoms with Crippen molar-refractivity contribution in [3.63, 3.8) is 0 Å². The standard InChI is InChI=1S/C14H19ClN2S/c1-9-2-3-10(6-9)8-17-13-5-4-11(14(16)18)7-12(13)15/h4-5,7,9-10,17H,2-3,6,8H2,1H3,(H2,16,18). The Kier molecular flexibility index (Phi) is 4.46. The highest BCUT2D eigenvalue weighted by Gasteiger charge is 2.21. The first-order valence-corrected chi connectivity index (χ1v) is 7.18. The van der Waals surface area contributed by atoms with Crippen molar-refractivity contribution in [2.75, 3.05) is 11.9 Å². The Balaban J connectivity index is 1.95. The van der Waals surface area contributed by atoms with Gasteiger partial charge in [-0.15, -0.1) is 0 Å². The Morgan fingerprint density at radius 2 is 2.28 bits per heavy atom. The molecule has 1 fully saturated rings.